The van der Waals surface area contributed by atoms with Crippen molar-refractivity contribution < 1.29 is 14.3 Å². The van der Waals surface area contributed by atoms with E-state index in [0.29, 0.717) is 13.0 Å². The molecule has 0 unspecified atom stereocenters. The Bertz CT molecular complexity index is 362. The molecule has 1 aliphatic heterocycles. The Morgan fingerprint density at radius 3 is 2.44 bits per heavy atom. The van der Waals surface area contributed by atoms with E-state index in [1.165, 1.54) is 10.5 Å². The first-order chi connectivity index (χ1) is 8.19. The van der Waals surface area contributed by atoms with Crippen molar-refractivity contribution in [2.75, 3.05) is 6.54 Å². The molecule has 0 aromatic rings. The summed E-state index contributed by atoms with van der Waals surface area (Å²) in [7, 11) is 0. The summed E-state index contributed by atoms with van der Waals surface area (Å²) in [5.74, 6) is 0.110. The SMILES string of the molecule is CC(C)=C[C@@H]1CCN(C(=O)OC(C)(C)C)C(=O)C1. The molecule has 1 rings (SSSR count). The van der Waals surface area contributed by atoms with Crippen molar-refractivity contribution >= 4 is 12.0 Å². The van der Waals surface area contributed by atoms with Crippen LogP contribution in [0, 0.1) is 5.92 Å². The molecule has 0 saturated carbocycles. The quantitative estimate of drug-likeness (QED) is 0.674. The second kappa shape index (κ2) is 5.55. The van der Waals surface area contributed by atoms with Crippen LogP contribution in [0.25, 0.3) is 0 Å². The van der Waals surface area contributed by atoms with Gasteiger partial charge in [0.1, 0.15) is 5.60 Å². The van der Waals surface area contributed by atoms with E-state index < -0.39 is 11.7 Å². The topological polar surface area (TPSA) is 46.6 Å². The molecular weight excluding hydrogens is 230 g/mol. The minimum Gasteiger partial charge on any atom is -0.443 e. The fraction of sp³-hybridized carbons (Fsp3) is 0.714. The molecule has 0 spiro atoms. The fourth-order valence-corrected chi connectivity index (χ4v) is 1.98. The van der Waals surface area contributed by atoms with Crippen molar-refractivity contribution in [1.29, 1.82) is 0 Å². The Morgan fingerprint density at radius 1 is 1.39 bits per heavy atom. The second-order valence-electron chi connectivity index (χ2n) is 6.02. The lowest BCUT2D eigenvalue weighted by molar-refractivity contribution is -0.133. The molecule has 1 saturated heterocycles. The van der Waals surface area contributed by atoms with E-state index in [-0.39, 0.29) is 11.8 Å². The average molecular weight is 253 g/mol. The molecule has 0 bridgehead atoms. The Hall–Kier alpha value is -1.32. The summed E-state index contributed by atoms with van der Waals surface area (Å²) in [6.45, 7) is 9.87. The van der Waals surface area contributed by atoms with Gasteiger partial charge in [0.25, 0.3) is 0 Å². The number of likely N-dealkylation sites (tertiary alicyclic amines) is 1. The fourth-order valence-electron chi connectivity index (χ4n) is 1.98. The maximum absolute atomic E-state index is 11.9. The van der Waals surface area contributed by atoms with Gasteiger partial charge in [0, 0.05) is 13.0 Å². The zero-order valence-electron chi connectivity index (χ0n) is 11.9. The number of carbonyl (C=O) groups is 2. The van der Waals surface area contributed by atoms with Gasteiger partial charge in [-0.15, -0.1) is 0 Å². The lowest BCUT2D eigenvalue weighted by atomic mass is 9.94. The number of rotatable bonds is 1. The molecule has 4 heteroatoms. The Kier molecular flexibility index (Phi) is 4.54. The third-order valence-corrected chi connectivity index (χ3v) is 2.64. The summed E-state index contributed by atoms with van der Waals surface area (Å²) in [6.07, 6.45) is 2.79. The van der Waals surface area contributed by atoms with Crippen molar-refractivity contribution in [3.8, 4) is 0 Å². The minimum absolute atomic E-state index is 0.141. The number of hydrogen-bond acceptors (Lipinski definition) is 3. The molecular formula is C14H23NO3. The molecule has 0 aromatic heterocycles. The van der Waals surface area contributed by atoms with Gasteiger partial charge in [-0.1, -0.05) is 11.6 Å². The highest BCUT2D eigenvalue weighted by Crippen LogP contribution is 2.22. The monoisotopic (exact) mass is 253 g/mol. The smallest absolute Gasteiger partial charge is 0.417 e. The number of ether oxygens (including phenoxy) is 1. The van der Waals surface area contributed by atoms with Gasteiger partial charge >= 0.3 is 6.09 Å². The van der Waals surface area contributed by atoms with Crippen LogP contribution in [0.1, 0.15) is 47.5 Å². The number of hydrogen-bond donors (Lipinski definition) is 0. The highest BCUT2D eigenvalue weighted by Gasteiger charge is 2.32. The van der Waals surface area contributed by atoms with Crippen LogP contribution >= 0.6 is 0 Å². The predicted octanol–water partition coefficient (Wildman–Crippen LogP) is 3.13. The summed E-state index contributed by atoms with van der Waals surface area (Å²) in [6, 6.07) is 0. The highest BCUT2D eigenvalue weighted by molar-refractivity contribution is 5.92. The molecule has 1 aliphatic rings. The number of nitrogens with zero attached hydrogens (tertiary/aromatic N) is 1. The van der Waals surface area contributed by atoms with Crippen LogP contribution in [-0.4, -0.2) is 29.0 Å². The summed E-state index contributed by atoms with van der Waals surface area (Å²) in [4.78, 5) is 25.0. The molecule has 0 N–H and O–H groups in total. The number of allylic oxidation sites excluding steroid dienone is 2. The lowest BCUT2D eigenvalue weighted by Gasteiger charge is -2.31. The zero-order valence-corrected chi connectivity index (χ0v) is 11.9. The summed E-state index contributed by atoms with van der Waals surface area (Å²) in [5, 5.41) is 0. The molecule has 0 radical (unpaired) electrons. The second-order valence-corrected chi connectivity index (χ2v) is 6.02. The van der Waals surface area contributed by atoms with Crippen LogP contribution in [0.2, 0.25) is 0 Å². The predicted molar refractivity (Wildman–Crippen MR) is 70.1 cm³/mol. The van der Waals surface area contributed by atoms with Crippen LogP contribution in [-0.2, 0) is 9.53 Å². The van der Waals surface area contributed by atoms with Crippen LogP contribution in [0.3, 0.4) is 0 Å². The van der Waals surface area contributed by atoms with Gasteiger partial charge in [0.2, 0.25) is 5.91 Å². The van der Waals surface area contributed by atoms with Crippen molar-refractivity contribution in [1.82, 2.24) is 4.90 Å². The van der Waals surface area contributed by atoms with E-state index in [1.54, 1.807) is 20.8 Å². The van der Waals surface area contributed by atoms with Gasteiger partial charge in [-0.25, -0.2) is 9.69 Å². The Balaban J connectivity index is 2.60. The van der Waals surface area contributed by atoms with Gasteiger partial charge in [-0.05, 0) is 47.0 Å². The maximum atomic E-state index is 11.9. The zero-order chi connectivity index (χ0) is 13.9. The molecule has 1 atom stereocenters. The van der Waals surface area contributed by atoms with E-state index in [4.69, 9.17) is 4.74 Å². The van der Waals surface area contributed by atoms with Crippen molar-refractivity contribution in [2.24, 2.45) is 5.92 Å². The number of carbonyl (C=O) groups excluding carboxylic acids is 2. The van der Waals surface area contributed by atoms with Gasteiger partial charge in [-0.3, -0.25) is 4.79 Å². The van der Waals surface area contributed by atoms with Gasteiger partial charge in [0.15, 0.2) is 0 Å². The molecule has 1 fully saturated rings. The van der Waals surface area contributed by atoms with Crippen LogP contribution in [0.5, 0.6) is 0 Å². The van der Waals surface area contributed by atoms with Crippen LogP contribution in [0.15, 0.2) is 11.6 Å². The number of piperidine rings is 1. The van der Waals surface area contributed by atoms with Crippen molar-refractivity contribution in [2.45, 2.75) is 53.1 Å². The summed E-state index contributed by atoms with van der Waals surface area (Å²) in [5.41, 5.74) is 0.646. The Labute approximate surface area is 109 Å². The van der Waals surface area contributed by atoms with E-state index in [2.05, 4.69) is 6.08 Å². The largest absolute Gasteiger partial charge is 0.443 e. The first-order valence-corrected chi connectivity index (χ1v) is 6.37. The Morgan fingerprint density at radius 2 is 2.00 bits per heavy atom. The lowest BCUT2D eigenvalue weighted by Crippen LogP contribution is -2.45. The molecule has 0 aromatic carbocycles. The summed E-state index contributed by atoms with van der Waals surface area (Å²) < 4.78 is 5.21. The van der Waals surface area contributed by atoms with Gasteiger partial charge < -0.3 is 4.74 Å². The third kappa shape index (κ3) is 4.51. The number of amides is 2. The van der Waals surface area contributed by atoms with Crippen molar-refractivity contribution in [3.05, 3.63) is 11.6 Å². The van der Waals surface area contributed by atoms with E-state index >= 15 is 0 Å². The first kappa shape index (κ1) is 14.7. The van der Waals surface area contributed by atoms with Crippen LogP contribution in [0.4, 0.5) is 4.79 Å². The van der Waals surface area contributed by atoms with E-state index in [0.717, 1.165) is 6.42 Å². The molecule has 2 amide bonds. The normalized spacial score (nSPS) is 20.6. The van der Waals surface area contributed by atoms with Gasteiger partial charge in [-0.2, -0.15) is 0 Å². The van der Waals surface area contributed by atoms with E-state index in [1.807, 2.05) is 13.8 Å². The average Bonchev–Trinajstić information content (AvgIpc) is 2.13. The number of imide groups is 1. The molecule has 4 nitrogen and oxygen atoms in total. The van der Waals surface area contributed by atoms with Crippen LogP contribution < -0.4 is 0 Å². The molecule has 0 aliphatic carbocycles. The summed E-state index contributed by atoms with van der Waals surface area (Å²) >= 11 is 0. The van der Waals surface area contributed by atoms with Crippen molar-refractivity contribution in [3.63, 3.8) is 0 Å². The first-order valence-electron chi connectivity index (χ1n) is 6.37. The highest BCUT2D eigenvalue weighted by atomic mass is 16.6. The molecule has 1 heterocycles. The molecule has 18 heavy (non-hydrogen) atoms. The minimum atomic E-state index is -0.561. The maximum Gasteiger partial charge on any atom is 0.417 e. The molecule has 102 valence electrons. The standard InChI is InChI=1S/C14H23NO3/c1-10(2)8-11-6-7-15(12(16)9-11)13(17)18-14(3,4)5/h8,11H,6-7,9H2,1-5H3/t11-/m0/s1. The third-order valence-electron chi connectivity index (χ3n) is 2.64. The van der Waals surface area contributed by atoms with E-state index in [9.17, 15) is 9.59 Å². The van der Waals surface area contributed by atoms with Gasteiger partial charge in [0.05, 0.1) is 0 Å².